The predicted molar refractivity (Wildman–Crippen MR) is 55.9 cm³/mol. The van der Waals surface area contributed by atoms with E-state index < -0.39 is 0 Å². The van der Waals surface area contributed by atoms with Crippen LogP contribution in [0.1, 0.15) is 38.5 Å². The standard InChI is InChI=1S/C12H20O2/c13-8-10-4-6-12(9-14)5-2-1-3-11(12)7-10/h7,11,13-14H,1-6,8-9H2. The molecule has 0 spiro atoms. The van der Waals surface area contributed by atoms with Crippen molar-refractivity contribution in [1.82, 2.24) is 0 Å². The summed E-state index contributed by atoms with van der Waals surface area (Å²) in [6, 6.07) is 0. The van der Waals surface area contributed by atoms with Crippen LogP contribution >= 0.6 is 0 Å². The molecule has 2 rings (SSSR count). The lowest BCUT2D eigenvalue weighted by Crippen LogP contribution is -2.38. The summed E-state index contributed by atoms with van der Waals surface area (Å²) >= 11 is 0. The van der Waals surface area contributed by atoms with Gasteiger partial charge in [-0.05, 0) is 37.2 Å². The van der Waals surface area contributed by atoms with Crippen molar-refractivity contribution in [3.63, 3.8) is 0 Å². The molecular weight excluding hydrogens is 176 g/mol. The van der Waals surface area contributed by atoms with Crippen LogP contribution in [-0.4, -0.2) is 23.4 Å². The van der Waals surface area contributed by atoms with Crippen molar-refractivity contribution >= 4 is 0 Å². The number of aliphatic hydroxyl groups is 2. The third-order valence-electron chi connectivity index (χ3n) is 4.13. The summed E-state index contributed by atoms with van der Waals surface area (Å²) < 4.78 is 0. The van der Waals surface area contributed by atoms with Gasteiger partial charge in [0.25, 0.3) is 0 Å². The van der Waals surface area contributed by atoms with Crippen LogP contribution in [0, 0.1) is 11.3 Å². The highest BCUT2D eigenvalue weighted by Gasteiger charge is 2.40. The molecule has 80 valence electrons. The van der Waals surface area contributed by atoms with Gasteiger partial charge in [-0.1, -0.05) is 18.9 Å². The fourth-order valence-corrected chi connectivity index (χ4v) is 3.09. The van der Waals surface area contributed by atoms with Gasteiger partial charge in [-0.25, -0.2) is 0 Å². The van der Waals surface area contributed by atoms with Gasteiger partial charge in [-0.2, -0.15) is 0 Å². The van der Waals surface area contributed by atoms with E-state index in [1.54, 1.807) is 0 Å². The highest BCUT2D eigenvalue weighted by molar-refractivity contribution is 5.14. The highest BCUT2D eigenvalue weighted by Crippen LogP contribution is 2.48. The molecule has 1 fully saturated rings. The van der Waals surface area contributed by atoms with Crippen LogP contribution < -0.4 is 0 Å². The van der Waals surface area contributed by atoms with Gasteiger partial charge >= 0.3 is 0 Å². The molecule has 0 aliphatic heterocycles. The molecule has 2 N–H and O–H groups in total. The number of rotatable bonds is 2. The Morgan fingerprint density at radius 3 is 2.86 bits per heavy atom. The molecule has 0 aromatic heterocycles. The summed E-state index contributed by atoms with van der Waals surface area (Å²) in [6.45, 7) is 0.533. The van der Waals surface area contributed by atoms with Gasteiger partial charge in [-0.3, -0.25) is 0 Å². The lowest BCUT2D eigenvalue weighted by atomic mass is 9.61. The Hall–Kier alpha value is -0.340. The van der Waals surface area contributed by atoms with Crippen LogP contribution in [0.5, 0.6) is 0 Å². The Kier molecular flexibility index (Phi) is 2.93. The molecule has 2 unspecified atom stereocenters. The first-order valence-corrected chi connectivity index (χ1v) is 5.72. The maximum absolute atomic E-state index is 9.54. The van der Waals surface area contributed by atoms with Crippen LogP contribution in [0.15, 0.2) is 11.6 Å². The number of hydrogen-bond donors (Lipinski definition) is 2. The second kappa shape index (κ2) is 4.03. The van der Waals surface area contributed by atoms with E-state index in [-0.39, 0.29) is 12.0 Å². The topological polar surface area (TPSA) is 40.5 Å². The van der Waals surface area contributed by atoms with Crippen molar-refractivity contribution in [2.75, 3.05) is 13.2 Å². The Labute approximate surface area is 85.6 Å². The summed E-state index contributed by atoms with van der Waals surface area (Å²) in [7, 11) is 0. The van der Waals surface area contributed by atoms with E-state index in [1.165, 1.54) is 31.3 Å². The van der Waals surface area contributed by atoms with Gasteiger partial charge in [-0.15, -0.1) is 0 Å². The smallest absolute Gasteiger partial charge is 0.0641 e. The lowest BCUT2D eigenvalue weighted by Gasteiger charge is -2.45. The van der Waals surface area contributed by atoms with E-state index in [0.29, 0.717) is 12.5 Å². The molecule has 2 nitrogen and oxygen atoms in total. The van der Waals surface area contributed by atoms with Gasteiger partial charge in [0, 0.05) is 12.0 Å². The summed E-state index contributed by atoms with van der Waals surface area (Å²) in [5, 5.41) is 18.7. The Morgan fingerprint density at radius 1 is 1.29 bits per heavy atom. The third kappa shape index (κ3) is 1.61. The van der Waals surface area contributed by atoms with Crippen molar-refractivity contribution in [3.8, 4) is 0 Å². The highest BCUT2D eigenvalue weighted by atomic mass is 16.3. The Morgan fingerprint density at radius 2 is 2.14 bits per heavy atom. The molecule has 0 saturated heterocycles. The van der Waals surface area contributed by atoms with Gasteiger partial charge in [0.05, 0.1) is 6.61 Å². The summed E-state index contributed by atoms with van der Waals surface area (Å²) in [5.41, 5.74) is 1.35. The van der Waals surface area contributed by atoms with Crippen molar-refractivity contribution in [2.45, 2.75) is 38.5 Å². The van der Waals surface area contributed by atoms with E-state index in [1.807, 2.05) is 0 Å². The minimum Gasteiger partial charge on any atom is -0.396 e. The van der Waals surface area contributed by atoms with E-state index in [4.69, 9.17) is 5.11 Å². The molecular formula is C12H20O2. The quantitative estimate of drug-likeness (QED) is 0.662. The first-order valence-electron chi connectivity index (χ1n) is 5.72. The monoisotopic (exact) mass is 196 g/mol. The van der Waals surface area contributed by atoms with Crippen molar-refractivity contribution < 1.29 is 10.2 Å². The normalized spacial score (nSPS) is 37.6. The van der Waals surface area contributed by atoms with E-state index in [9.17, 15) is 5.11 Å². The molecule has 0 aromatic carbocycles. The van der Waals surface area contributed by atoms with Crippen molar-refractivity contribution in [2.24, 2.45) is 11.3 Å². The fourth-order valence-electron chi connectivity index (χ4n) is 3.09. The first-order chi connectivity index (χ1) is 6.80. The molecule has 2 heteroatoms. The Balaban J connectivity index is 2.18. The Bertz CT molecular complexity index is 234. The summed E-state index contributed by atoms with van der Waals surface area (Å²) in [4.78, 5) is 0. The summed E-state index contributed by atoms with van der Waals surface area (Å²) in [6.07, 6.45) is 9.20. The van der Waals surface area contributed by atoms with Crippen LogP contribution in [0.2, 0.25) is 0 Å². The molecule has 0 radical (unpaired) electrons. The molecule has 0 aromatic rings. The first kappa shape index (κ1) is 10.2. The van der Waals surface area contributed by atoms with Crippen LogP contribution in [0.4, 0.5) is 0 Å². The van der Waals surface area contributed by atoms with Crippen molar-refractivity contribution in [3.05, 3.63) is 11.6 Å². The molecule has 0 amide bonds. The van der Waals surface area contributed by atoms with E-state index in [2.05, 4.69) is 6.08 Å². The second-order valence-corrected chi connectivity index (χ2v) is 4.86. The second-order valence-electron chi connectivity index (χ2n) is 4.86. The molecule has 2 atom stereocenters. The third-order valence-corrected chi connectivity index (χ3v) is 4.13. The SMILES string of the molecule is OCC1=CC2CCCCC2(CO)CC1. The zero-order chi connectivity index (χ0) is 10.0. The van der Waals surface area contributed by atoms with Gasteiger partial charge in [0.1, 0.15) is 0 Å². The fraction of sp³-hybridized carbons (Fsp3) is 0.833. The zero-order valence-electron chi connectivity index (χ0n) is 8.71. The number of hydrogen-bond acceptors (Lipinski definition) is 2. The minimum atomic E-state index is 0.164. The minimum absolute atomic E-state index is 0.164. The van der Waals surface area contributed by atoms with Gasteiger partial charge in [0.15, 0.2) is 0 Å². The zero-order valence-corrected chi connectivity index (χ0v) is 8.71. The van der Waals surface area contributed by atoms with Crippen LogP contribution in [0.3, 0.4) is 0 Å². The number of fused-ring (bicyclic) bond motifs is 1. The molecule has 2 aliphatic carbocycles. The number of aliphatic hydroxyl groups excluding tert-OH is 2. The molecule has 2 aliphatic rings. The maximum atomic E-state index is 9.54. The van der Waals surface area contributed by atoms with Crippen LogP contribution in [0.25, 0.3) is 0 Å². The average Bonchev–Trinajstić information content (AvgIpc) is 2.28. The average molecular weight is 196 g/mol. The van der Waals surface area contributed by atoms with E-state index in [0.717, 1.165) is 12.8 Å². The lowest BCUT2D eigenvalue weighted by molar-refractivity contribution is 0.0294. The van der Waals surface area contributed by atoms with Gasteiger partial charge < -0.3 is 10.2 Å². The molecule has 14 heavy (non-hydrogen) atoms. The van der Waals surface area contributed by atoms with Crippen molar-refractivity contribution in [1.29, 1.82) is 0 Å². The largest absolute Gasteiger partial charge is 0.396 e. The summed E-state index contributed by atoms with van der Waals surface area (Å²) in [5.74, 6) is 0.525. The molecule has 1 saturated carbocycles. The predicted octanol–water partition coefficient (Wildman–Crippen LogP) is 1.87. The van der Waals surface area contributed by atoms with Gasteiger partial charge in [0.2, 0.25) is 0 Å². The van der Waals surface area contributed by atoms with E-state index >= 15 is 0 Å². The van der Waals surface area contributed by atoms with Crippen LogP contribution in [-0.2, 0) is 0 Å². The maximum Gasteiger partial charge on any atom is 0.0641 e. The molecule has 0 heterocycles. The molecule has 0 bridgehead atoms. The number of allylic oxidation sites excluding steroid dienone is 1.